The van der Waals surface area contributed by atoms with Crippen LogP contribution >= 0.6 is 0 Å². The van der Waals surface area contributed by atoms with Gasteiger partial charge in [0.1, 0.15) is 11.6 Å². The molecule has 2 N–H and O–H groups in total. The van der Waals surface area contributed by atoms with Crippen LogP contribution in [0.15, 0.2) is 28.9 Å². The smallest absolute Gasteiger partial charge is 0.340 e. The lowest BCUT2D eigenvalue weighted by Gasteiger charge is -2.21. The SMILES string of the molecule is COC(=O)c1cc(N(C)Cc2ccoc2C)c(F)cc1N. The summed E-state index contributed by atoms with van der Waals surface area (Å²) in [6.45, 7) is 2.28. The van der Waals surface area contributed by atoms with Gasteiger partial charge in [-0.15, -0.1) is 0 Å². The first-order valence-electron chi connectivity index (χ1n) is 6.35. The van der Waals surface area contributed by atoms with E-state index >= 15 is 0 Å². The first kappa shape index (κ1) is 14.9. The fourth-order valence-corrected chi connectivity index (χ4v) is 2.07. The van der Waals surface area contributed by atoms with Crippen LogP contribution in [0.1, 0.15) is 21.7 Å². The highest BCUT2D eigenvalue weighted by Gasteiger charge is 2.17. The van der Waals surface area contributed by atoms with Crippen LogP contribution in [0.2, 0.25) is 0 Å². The average Bonchev–Trinajstić information content (AvgIpc) is 2.83. The lowest BCUT2D eigenvalue weighted by Crippen LogP contribution is -2.19. The number of ether oxygens (including phenoxy) is 1. The Kier molecular flexibility index (Phi) is 4.16. The Hall–Kier alpha value is -2.50. The minimum Gasteiger partial charge on any atom is -0.469 e. The van der Waals surface area contributed by atoms with Gasteiger partial charge in [0.05, 0.1) is 24.6 Å². The van der Waals surface area contributed by atoms with Gasteiger partial charge in [-0.3, -0.25) is 0 Å². The predicted molar refractivity (Wildman–Crippen MR) is 77.7 cm³/mol. The van der Waals surface area contributed by atoms with Gasteiger partial charge in [0.15, 0.2) is 0 Å². The molecule has 0 atom stereocenters. The second kappa shape index (κ2) is 5.87. The molecule has 21 heavy (non-hydrogen) atoms. The highest BCUT2D eigenvalue weighted by Crippen LogP contribution is 2.27. The molecule has 112 valence electrons. The van der Waals surface area contributed by atoms with Crippen LogP contribution in [0.25, 0.3) is 0 Å². The molecule has 0 aliphatic rings. The Morgan fingerprint density at radius 3 is 2.76 bits per heavy atom. The molecule has 5 nitrogen and oxygen atoms in total. The number of nitrogens with zero attached hydrogens (tertiary/aromatic N) is 1. The van der Waals surface area contributed by atoms with E-state index in [0.717, 1.165) is 17.4 Å². The molecule has 0 fully saturated rings. The van der Waals surface area contributed by atoms with Gasteiger partial charge >= 0.3 is 5.97 Å². The number of nitrogens with two attached hydrogens (primary N) is 1. The zero-order valence-corrected chi connectivity index (χ0v) is 12.1. The van der Waals surface area contributed by atoms with Crippen molar-refractivity contribution in [2.75, 3.05) is 24.8 Å². The van der Waals surface area contributed by atoms with Gasteiger partial charge in [-0.05, 0) is 25.1 Å². The van der Waals surface area contributed by atoms with Crippen molar-refractivity contribution in [1.29, 1.82) is 0 Å². The number of esters is 1. The van der Waals surface area contributed by atoms with Crippen molar-refractivity contribution < 1.29 is 18.3 Å². The monoisotopic (exact) mass is 292 g/mol. The number of carbonyl (C=O) groups is 1. The van der Waals surface area contributed by atoms with Crippen LogP contribution in [0.5, 0.6) is 0 Å². The van der Waals surface area contributed by atoms with Gasteiger partial charge in [0.2, 0.25) is 0 Å². The standard InChI is InChI=1S/C15H17FN2O3/c1-9-10(4-5-21-9)8-18(2)14-6-11(15(19)20-3)13(17)7-12(14)16/h4-7H,8,17H2,1-3H3. The first-order valence-corrected chi connectivity index (χ1v) is 6.35. The lowest BCUT2D eigenvalue weighted by atomic mass is 10.1. The van der Waals surface area contributed by atoms with Crippen molar-refractivity contribution >= 4 is 17.3 Å². The summed E-state index contributed by atoms with van der Waals surface area (Å²) >= 11 is 0. The summed E-state index contributed by atoms with van der Waals surface area (Å²) in [5, 5.41) is 0. The summed E-state index contributed by atoms with van der Waals surface area (Å²) in [6.07, 6.45) is 1.58. The van der Waals surface area contributed by atoms with E-state index in [9.17, 15) is 9.18 Å². The second-order valence-electron chi connectivity index (χ2n) is 4.74. The summed E-state index contributed by atoms with van der Waals surface area (Å²) in [7, 11) is 2.98. The van der Waals surface area contributed by atoms with E-state index in [4.69, 9.17) is 10.2 Å². The van der Waals surface area contributed by atoms with Crippen LogP contribution in [0.3, 0.4) is 0 Å². The molecule has 1 heterocycles. The number of hydrogen-bond donors (Lipinski definition) is 1. The van der Waals surface area contributed by atoms with Gasteiger partial charge < -0.3 is 19.8 Å². The maximum atomic E-state index is 14.1. The third kappa shape index (κ3) is 2.99. The normalized spacial score (nSPS) is 10.5. The topological polar surface area (TPSA) is 68.7 Å². The molecule has 1 aromatic heterocycles. The molecule has 0 aliphatic heterocycles. The van der Waals surface area contributed by atoms with E-state index in [-0.39, 0.29) is 16.9 Å². The minimum atomic E-state index is -0.596. The number of nitrogen functional groups attached to an aromatic ring is 1. The van der Waals surface area contributed by atoms with Crippen LogP contribution in [0, 0.1) is 12.7 Å². The molecule has 0 saturated carbocycles. The zero-order chi connectivity index (χ0) is 15.6. The molecule has 0 radical (unpaired) electrons. The van der Waals surface area contributed by atoms with Crippen LogP contribution < -0.4 is 10.6 Å². The number of benzene rings is 1. The highest BCUT2D eigenvalue weighted by molar-refractivity contribution is 5.96. The van der Waals surface area contributed by atoms with Gasteiger partial charge in [0, 0.05) is 24.8 Å². The lowest BCUT2D eigenvalue weighted by molar-refractivity contribution is 0.0602. The highest BCUT2D eigenvalue weighted by atomic mass is 19.1. The molecule has 0 unspecified atom stereocenters. The van der Waals surface area contributed by atoms with Gasteiger partial charge in [0.25, 0.3) is 0 Å². The molecule has 0 amide bonds. The third-order valence-electron chi connectivity index (χ3n) is 3.31. The Labute approximate surface area is 122 Å². The van der Waals surface area contributed by atoms with E-state index in [1.165, 1.54) is 13.2 Å². The molecule has 6 heteroatoms. The number of carbonyl (C=O) groups excluding carboxylic acids is 1. The average molecular weight is 292 g/mol. The molecule has 0 bridgehead atoms. The molecule has 2 rings (SSSR count). The predicted octanol–water partition coefficient (Wildman–Crippen LogP) is 2.73. The number of anilines is 2. The van der Waals surface area contributed by atoms with Crippen molar-refractivity contribution in [3.63, 3.8) is 0 Å². The molecule has 1 aromatic carbocycles. The summed E-state index contributed by atoms with van der Waals surface area (Å²) in [5.41, 5.74) is 7.05. The quantitative estimate of drug-likeness (QED) is 0.693. The largest absolute Gasteiger partial charge is 0.469 e. The van der Waals surface area contributed by atoms with E-state index in [1.54, 1.807) is 18.2 Å². The summed E-state index contributed by atoms with van der Waals surface area (Å²) in [4.78, 5) is 13.3. The maximum Gasteiger partial charge on any atom is 0.340 e. The van der Waals surface area contributed by atoms with Crippen molar-refractivity contribution in [2.24, 2.45) is 0 Å². The zero-order valence-electron chi connectivity index (χ0n) is 12.1. The molecule has 2 aromatic rings. The first-order chi connectivity index (χ1) is 9.93. The molecule has 0 spiro atoms. The number of hydrogen-bond acceptors (Lipinski definition) is 5. The number of methoxy groups -OCH3 is 1. The fraction of sp³-hybridized carbons (Fsp3) is 0.267. The van der Waals surface area contributed by atoms with E-state index < -0.39 is 11.8 Å². The Bertz CT molecular complexity index is 667. The van der Waals surface area contributed by atoms with Crippen molar-refractivity contribution in [2.45, 2.75) is 13.5 Å². The van der Waals surface area contributed by atoms with E-state index in [2.05, 4.69) is 4.74 Å². The molecular formula is C15H17FN2O3. The third-order valence-corrected chi connectivity index (χ3v) is 3.31. The summed E-state index contributed by atoms with van der Waals surface area (Å²) in [5.74, 6) is -0.323. The van der Waals surface area contributed by atoms with Crippen molar-refractivity contribution in [1.82, 2.24) is 0 Å². The number of halogens is 1. The van der Waals surface area contributed by atoms with Gasteiger partial charge in [-0.25, -0.2) is 9.18 Å². The number of rotatable bonds is 4. The van der Waals surface area contributed by atoms with Crippen molar-refractivity contribution in [3.05, 3.63) is 47.2 Å². The Morgan fingerprint density at radius 1 is 1.48 bits per heavy atom. The second-order valence-corrected chi connectivity index (χ2v) is 4.74. The minimum absolute atomic E-state index is 0.0518. The number of aryl methyl sites for hydroxylation is 1. The Balaban J connectivity index is 2.34. The Morgan fingerprint density at radius 2 is 2.19 bits per heavy atom. The maximum absolute atomic E-state index is 14.1. The van der Waals surface area contributed by atoms with Gasteiger partial charge in [-0.2, -0.15) is 0 Å². The summed E-state index contributed by atoms with van der Waals surface area (Å²) in [6, 6.07) is 4.34. The fourth-order valence-electron chi connectivity index (χ4n) is 2.07. The molecular weight excluding hydrogens is 275 g/mol. The van der Waals surface area contributed by atoms with Crippen LogP contribution in [-0.2, 0) is 11.3 Å². The van der Waals surface area contributed by atoms with Gasteiger partial charge in [-0.1, -0.05) is 0 Å². The molecule has 0 saturated heterocycles. The van der Waals surface area contributed by atoms with Crippen molar-refractivity contribution in [3.8, 4) is 0 Å². The van der Waals surface area contributed by atoms with Crippen LogP contribution in [-0.4, -0.2) is 20.1 Å². The summed E-state index contributed by atoms with van der Waals surface area (Å²) < 4.78 is 23.9. The number of furan rings is 1. The van der Waals surface area contributed by atoms with E-state index in [0.29, 0.717) is 6.54 Å². The van der Waals surface area contributed by atoms with E-state index in [1.807, 2.05) is 13.0 Å². The van der Waals surface area contributed by atoms with Crippen LogP contribution in [0.4, 0.5) is 15.8 Å². The molecule has 0 aliphatic carbocycles.